The van der Waals surface area contributed by atoms with Crippen LogP contribution < -0.4 is 10.5 Å². The SMILES string of the molecule is COc1nccc(CN=C(N)N2CCSCC2)n1. The fourth-order valence-electron chi connectivity index (χ4n) is 1.62. The van der Waals surface area contributed by atoms with Gasteiger partial charge < -0.3 is 15.4 Å². The van der Waals surface area contributed by atoms with E-state index in [-0.39, 0.29) is 0 Å². The lowest BCUT2D eigenvalue weighted by Gasteiger charge is -2.27. The number of guanidine groups is 1. The Morgan fingerprint density at radius 2 is 2.33 bits per heavy atom. The molecule has 2 heterocycles. The Hall–Kier alpha value is -1.50. The van der Waals surface area contributed by atoms with E-state index in [4.69, 9.17) is 10.5 Å². The second-order valence-corrected chi connectivity index (χ2v) is 5.03. The molecule has 1 fully saturated rings. The molecule has 0 amide bonds. The predicted molar refractivity (Wildman–Crippen MR) is 72.8 cm³/mol. The molecule has 0 atom stereocenters. The van der Waals surface area contributed by atoms with Crippen LogP contribution in [0.3, 0.4) is 0 Å². The molecule has 0 spiro atoms. The van der Waals surface area contributed by atoms with Crippen molar-refractivity contribution in [1.82, 2.24) is 14.9 Å². The molecule has 0 aromatic carbocycles. The summed E-state index contributed by atoms with van der Waals surface area (Å²) in [7, 11) is 1.54. The number of aromatic nitrogens is 2. The normalized spacial score (nSPS) is 16.7. The van der Waals surface area contributed by atoms with Gasteiger partial charge in [-0.1, -0.05) is 0 Å². The maximum absolute atomic E-state index is 5.96. The first-order valence-corrected chi connectivity index (χ1v) is 6.93. The molecule has 0 saturated carbocycles. The van der Waals surface area contributed by atoms with Crippen molar-refractivity contribution in [2.24, 2.45) is 10.7 Å². The Morgan fingerprint density at radius 3 is 3.06 bits per heavy atom. The second kappa shape index (κ2) is 6.44. The fraction of sp³-hybridized carbons (Fsp3) is 0.545. The van der Waals surface area contributed by atoms with Crippen molar-refractivity contribution in [3.63, 3.8) is 0 Å². The summed E-state index contributed by atoms with van der Waals surface area (Å²) in [6.45, 7) is 2.38. The molecule has 2 rings (SSSR count). The third kappa shape index (κ3) is 3.49. The average Bonchev–Trinajstić information content (AvgIpc) is 2.46. The van der Waals surface area contributed by atoms with Crippen molar-refractivity contribution in [1.29, 1.82) is 0 Å². The molecule has 0 aliphatic carbocycles. The van der Waals surface area contributed by atoms with Gasteiger partial charge in [0.15, 0.2) is 5.96 Å². The number of nitrogens with zero attached hydrogens (tertiary/aromatic N) is 4. The van der Waals surface area contributed by atoms with Gasteiger partial charge in [-0.05, 0) is 6.07 Å². The maximum atomic E-state index is 5.96. The fourth-order valence-corrected chi connectivity index (χ4v) is 2.52. The van der Waals surface area contributed by atoms with E-state index in [0.29, 0.717) is 18.5 Å². The topological polar surface area (TPSA) is 76.6 Å². The number of nitrogens with two attached hydrogens (primary N) is 1. The van der Waals surface area contributed by atoms with Gasteiger partial charge in [0.05, 0.1) is 19.3 Å². The summed E-state index contributed by atoms with van der Waals surface area (Å²) in [5, 5.41) is 0. The zero-order valence-electron chi connectivity index (χ0n) is 10.4. The van der Waals surface area contributed by atoms with E-state index in [1.807, 2.05) is 17.8 Å². The highest BCUT2D eigenvalue weighted by Crippen LogP contribution is 2.09. The highest BCUT2D eigenvalue weighted by Gasteiger charge is 2.11. The summed E-state index contributed by atoms with van der Waals surface area (Å²) in [5.74, 6) is 2.81. The molecule has 1 aromatic heterocycles. The van der Waals surface area contributed by atoms with Crippen LogP contribution in [-0.4, -0.2) is 52.5 Å². The molecule has 0 radical (unpaired) electrons. The highest BCUT2D eigenvalue weighted by molar-refractivity contribution is 7.99. The van der Waals surface area contributed by atoms with Crippen LogP contribution in [0.1, 0.15) is 5.69 Å². The minimum absolute atomic E-state index is 0.357. The summed E-state index contributed by atoms with van der Waals surface area (Å²) < 4.78 is 4.96. The van der Waals surface area contributed by atoms with Gasteiger partial charge in [0.1, 0.15) is 0 Å². The molecule has 6 nitrogen and oxygen atoms in total. The highest BCUT2D eigenvalue weighted by atomic mass is 32.2. The third-order valence-electron chi connectivity index (χ3n) is 2.61. The Labute approximate surface area is 111 Å². The number of hydrogen-bond donors (Lipinski definition) is 1. The van der Waals surface area contributed by atoms with E-state index >= 15 is 0 Å². The second-order valence-electron chi connectivity index (χ2n) is 3.81. The van der Waals surface area contributed by atoms with E-state index in [1.54, 1.807) is 13.3 Å². The van der Waals surface area contributed by atoms with E-state index in [1.165, 1.54) is 0 Å². The zero-order valence-corrected chi connectivity index (χ0v) is 11.2. The summed E-state index contributed by atoms with van der Waals surface area (Å²) in [6, 6.07) is 2.17. The number of ether oxygens (including phenoxy) is 1. The summed E-state index contributed by atoms with van der Waals surface area (Å²) in [6.07, 6.45) is 1.66. The first kappa shape index (κ1) is 12.9. The third-order valence-corrected chi connectivity index (χ3v) is 3.55. The first-order valence-electron chi connectivity index (χ1n) is 5.78. The molecule has 1 aliphatic heterocycles. The van der Waals surface area contributed by atoms with Crippen LogP contribution in [0.25, 0.3) is 0 Å². The van der Waals surface area contributed by atoms with Crippen molar-refractivity contribution >= 4 is 17.7 Å². The van der Waals surface area contributed by atoms with Crippen molar-refractivity contribution in [2.45, 2.75) is 6.54 Å². The van der Waals surface area contributed by atoms with Crippen LogP contribution in [0.4, 0.5) is 0 Å². The summed E-state index contributed by atoms with van der Waals surface area (Å²) >= 11 is 1.95. The van der Waals surface area contributed by atoms with Gasteiger partial charge in [-0.2, -0.15) is 16.7 Å². The van der Waals surface area contributed by atoms with E-state index < -0.39 is 0 Å². The monoisotopic (exact) mass is 267 g/mol. The number of aliphatic imine (C=N–C) groups is 1. The molecular formula is C11H17N5OS. The largest absolute Gasteiger partial charge is 0.467 e. The van der Waals surface area contributed by atoms with Crippen LogP contribution in [0.5, 0.6) is 6.01 Å². The van der Waals surface area contributed by atoms with Gasteiger partial charge in [0.2, 0.25) is 0 Å². The van der Waals surface area contributed by atoms with Gasteiger partial charge in [-0.3, -0.25) is 0 Å². The lowest BCUT2D eigenvalue weighted by molar-refractivity contribution is 0.378. The standard InChI is InChI=1S/C11H17N5OS/c1-17-11-13-3-2-9(15-11)8-14-10(12)16-4-6-18-7-5-16/h2-3H,4-8H2,1H3,(H2,12,14). The Morgan fingerprint density at radius 1 is 1.56 bits per heavy atom. The zero-order chi connectivity index (χ0) is 12.8. The Kier molecular flexibility index (Phi) is 4.63. The Balaban J connectivity index is 1.95. The maximum Gasteiger partial charge on any atom is 0.316 e. The van der Waals surface area contributed by atoms with Gasteiger partial charge in [0, 0.05) is 30.8 Å². The Bertz CT molecular complexity index is 420. The van der Waals surface area contributed by atoms with Crippen molar-refractivity contribution in [2.75, 3.05) is 31.7 Å². The minimum atomic E-state index is 0.357. The van der Waals surface area contributed by atoms with Gasteiger partial charge in [-0.15, -0.1) is 0 Å². The van der Waals surface area contributed by atoms with E-state index in [0.717, 1.165) is 30.3 Å². The van der Waals surface area contributed by atoms with Crippen molar-refractivity contribution in [3.05, 3.63) is 18.0 Å². The number of hydrogen-bond acceptors (Lipinski definition) is 5. The van der Waals surface area contributed by atoms with E-state index in [2.05, 4.69) is 19.9 Å². The van der Waals surface area contributed by atoms with Crippen molar-refractivity contribution in [3.8, 4) is 6.01 Å². The van der Waals surface area contributed by atoms with Crippen LogP contribution in [0.15, 0.2) is 17.3 Å². The molecular weight excluding hydrogens is 250 g/mol. The van der Waals surface area contributed by atoms with Crippen LogP contribution >= 0.6 is 11.8 Å². The average molecular weight is 267 g/mol. The van der Waals surface area contributed by atoms with Crippen LogP contribution in [0, 0.1) is 0 Å². The van der Waals surface area contributed by atoms with Gasteiger partial charge in [-0.25, -0.2) is 9.98 Å². The number of rotatable bonds is 3. The molecule has 0 bridgehead atoms. The molecule has 2 N–H and O–H groups in total. The molecule has 1 aliphatic rings. The summed E-state index contributed by atoms with van der Waals surface area (Å²) in [4.78, 5) is 14.6. The van der Waals surface area contributed by atoms with E-state index in [9.17, 15) is 0 Å². The van der Waals surface area contributed by atoms with Crippen molar-refractivity contribution < 1.29 is 4.74 Å². The van der Waals surface area contributed by atoms with Gasteiger partial charge >= 0.3 is 6.01 Å². The smallest absolute Gasteiger partial charge is 0.316 e. The molecule has 7 heteroatoms. The quantitative estimate of drug-likeness (QED) is 0.629. The molecule has 0 unspecified atom stereocenters. The minimum Gasteiger partial charge on any atom is -0.467 e. The molecule has 98 valence electrons. The summed E-state index contributed by atoms with van der Waals surface area (Å²) in [5.41, 5.74) is 6.76. The lowest BCUT2D eigenvalue weighted by Crippen LogP contribution is -2.42. The number of methoxy groups -OCH3 is 1. The van der Waals surface area contributed by atoms with Gasteiger partial charge in [0.25, 0.3) is 0 Å². The molecule has 18 heavy (non-hydrogen) atoms. The number of thioether (sulfide) groups is 1. The molecule has 1 aromatic rings. The molecule has 1 saturated heterocycles. The first-order chi connectivity index (χ1) is 8.79. The van der Waals surface area contributed by atoms with Crippen LogP contribution in [-0.2, 0) is 6.54 Å². The van der Waals surface area contributed by atoms with Crippen LogP contribution in [0.2, 0.25) is 0 Å². The predicted octanol–water partition coefficient (Wildman–Crippen LogP) is 0.349. The lowest BCUT2D eigenvalue weighted by atomic mass is 10.4.